The molecule has 1 unspecified atom stereocenters. The fourth-order valence-electron chi connectivity index (χ4n) is 2.52. The zero-order chi connectivity index (χ0) is 18.4. The largest absolute Gasteiger partial charge is 0.444 e. The third kappa shape index (κ3) is 4.07. The van der Waals surface area contributed by atoms with Crippen LogP contribution in [0.5, 0.6) is 0 Å². The number of anilines is 1. The minimum atomic E-state index is -0.548. The van der Waals surface area contributed by atoms with Gasteiger partial charge in [-0.05, 0) is 24.6 Å². The van der Waals surface area contributed by atoms with Crippen LogP contribution >= 0.6 is 0 Å². The molecule has 0 saturated carbocycles. The van der Waals surface area contributed by atoms with Crippen LogP contribution in [0.4, 0.5) is 10.5 Å². The van der Waals surface area contributed by atoms with E-state index in [1.165, 1.54) is 0 Å². The lowest BCUT2D eigenvalue weighted by Gasteiger charge is -2.15. The molecule has 0 aliphatic carbocycles. The van der Waals surface area contributed by atoms with Gasteiger partial charge in [-0.25, -0.2) is 9.48 Å². The van der Waals surface area contributed by atoms with E-state index >= 15 is 0 Å². The molecule has 0 fully saturated rings. The maximum absolute atomic E-state index is 12.2. The molecule has 26 heavy (non-hydrogen) atoms. The van der Waals surface area contributed by atoms with Crippen LogP contribution in [-0.4, -0.2) is 28.0 Å². The second kappa shape index (κ2) is 8.26. The van der Waals surface area contributed by atoms with Crippen LogP contribution in [0.2, 0.25) is 0 Å². The number of carbonyl (C=O) groups excluding carboxylic acids is 1. The Hall–Kier alpha value is -3.19. The molecule has 3 aromatic rings. The molecule has 1 aromatic carbocycles. The van der Waals surface area contributed by atoms with Crippen molar-refractivity contribution in [3.05, 3.63) is 72.3 Å². The molecular weight excluding hydrogens is 332 g/mol. The summed E-state index contributed by atoms with van der Waals surface area (Å²) < 4.78 is 12.4. The van der Waals surface area contributed by atoms with Crippen molar-refractivity contribution in [2.75, 3.05) is 12.4 Å². The molecule has 1 atom stereocenters. The molecule has 134 valence electrons. The van der Waals surface area contributed by atoms with Gasteiger partial charge in [-0.1, -0.05) is 30.3 Å². The zero-order valence-corrected chi connectivity index (χ0v) is 14.6. The first kappa shape index (κ1) is 17.6. The number of nitrogens with zero attached hydrogens (tertiary/aromatic N) is 3. The molecule has 0 bridgehead atoms. The van der Waals surface area contributed by atoms with Crippen LogP contribution < -0.4 is 5.32 Å². The van der Waals surface area contributed by atoms with E-state index in [0.29, 0.717) is 5.69 Å². The van der Waals surface area contributed by atoms with Crippen molar-refractivity contribution in [3.8, 4) is 5.69 Å². The lowest BCUT2D eigenvalue weighted by Crippen LogP contribution is -2.16. The minimum Gasteiger partial charge on any atom is -0.444 e. The number of benzene rings is 1. The van der Waals surface area contributed by atoms with Crippen molar-refractivity contribution in [2.45, 2.75) is 19.6 Å². The molecule has 0 aliphatic heterocycles. The predicted molar refractivity (Wildman–Crippen MR) is 97.0 cm³/mol. The molecule has 7 nitrogen and oxygen atoms in total. The molecule has 0 radical (unpaired) electrons. The fourth-order valence-corrected chi connectivity index (χ4v) is 2.52. The predicted octanol–water partition coefficient (Wildman–Crippen LogP) is 3.72. The summed E-state index contributed by atoms with van der Waals surface area (Å²) >= 11 is 0. The average Bonchev–Trinajstić information content (AvgIpc) is 3.10. The summed E-state index contributed by atoms with van der Waals surface area (Å²) in [5.41, 5.74) is 3.00. The quantitative estimate of drug-likeness (QED) is 0.731. The van der Waals surface area contributed by atoms with Crippen LogP contribution in [0.1, 0.15) is 24.3 Å². The standard InChI is InChI=1S/C19H20N4O3/c1-14(25-2)18-17(12-21-23(18)16-8-10-20-11-9-16)22-19(24)26-13-15-6-4-3-5-7-15/h3-12,14H,13H2,1-2H3,(H,22,24). The van der Waals surface area contributed by atoms with Crippen LogP contribution in [0.25, 0.3) is 5.69 Å². The van der Waals surface area contributed by atoms with E-state index in [0.717, 1.165) is 16.9 Å². The molecule has 2 heterocycles. The van der Waals surface area contributed by atoms with Crippen LogP contribution in [0, 0.1) is 0 Å². The van der Waals surface area contributed by atoms with Gasteiger partial charge in [0.1, 0.15) is 6.61 Å². The van der Waals surface area contributed by atoms with E-state index in [1.807, 2.05) is 49.4 Å². The van der Waals surface area contributed by atoms with Crippen LogP contribution in [-0.2, 0) is 16.1 Å². The van der Waals surface area contributed by atoms with Crippen molar-refractivity contribution in [2.24, 2.45) is 0 Å². The summed E-state index contributed by atoms with van der Waals surface area (Å²) in [4.78, 5) is 16.2. The summed E-state index contributed by atoms with van der Waals surface area (Å²) in [5, 5.41) is 7.11. The second-order valence-electron chi connectivity index (χ2n) is 5.63. The van der Waals surface area contributed by atoms with Gasteiger partial charge in [0.2, 0.25) is 0 Å². The number of carbonyl (C=O) groups is 1. The Kier molecular flexibility index (Phi) is 5.60. The third-order valence-corrected chi connectivity index (χ3v) is 3.90. The Balaban J connectivity index is 1.77. The molecule has 0 saturated heterocycles. The van der Waals surface area contributed by atoms with Gasteiger partial charge in [0, 0.05) is 19.5 Å². The molecule has 1 amide bonds. The number of hydrogen-bond donors (Lipinski definition) is 1. The third-order valence-electron chi connectivity index (χ3n) is 3.90. The fraction of sp³-hybridized carbons (Fsp3) is 0.211. The highest BCUT2D eigenvalue weighted by molar-refractivity contribution is 5.85. The van der Waals surface area contributed by atoms with Crippen molar-refractivity contribution in [3.63, 3.8) is 0 Å². The smallest absolute Gasteiger partial charge is 0.412 e. The van der Waals surface area contributed by atoms with Crippen molar-refractivity contribution in [1.29, 1.82) is 0 Å². The number of nitrogens with one attached hydrogen (secondary N) is 1. The Bertz CT molecular complexity index is 850. The van der Waals surface area contributed by atoms with Gasteiger partial charge in [0.25, 0.3) is 0 Å². The zero-order valence-electron chi connectivity index (χ0n) is 14.6. The van der Waals surface area contributed by atoms with Gasteiger partial charge in [0.15, 0.2) is 0 Å². The number of hydrogen-bond acceptors (Lipinski definition) is 5. The van der Waals surface area contributed by atoms with E-state index in [9.17, 15) is 4.79 Å². The first-order valence-corrected chi connectivity index (χ1v) is 8.18. The van der Waals surface area contributed by atoms with Gasteiger partial charge >= 0.3 is 6.09 Å². The molecule has 2 aromatic heterocycles. The highest BCUT2D eigenvalue weighted by Crippen LogP contribution is 2.27. The number of aromatic nitrogens is 3. The lowest BCUT2D eigenvalue weighted by molar-refractivity contribution is 0.114. The molecular formula is C19H20N4O3. The van der Waals surface area contributed by atoms with Gasteiger partial charge in [0.05, 0.1) is 29.4 Å². The van der Waals surface area contributed by atoms with Crippen molar-refractivity contribution in [1.82, 2.24) is 14.8 Å². The molecule has 0 aliphatic rings. The SMILES string of the molecule is COC(C)c1c(NC(=O)OCc2ccccc2)cnn1-c1ccncc1. The molecule has 7 heteroatoms. The summed E-state index contributed by atoms with van der Waals surface area (Å²) in [5.74, 6) is 0. The van der Waals surface area contributed by atoms with E-state index in [-0.39, 0.29) is 12.7 Å². The van der Waals surface area contributed by atoms with Crippen molar-refractivity contribution >= 4 is 11.8 Å². The summed E-state index contributed by atoms with van der Waals surface area (Å²) in [6.07, 6.45) is 4.11. The van der Waals surface area contributed by atoms with Gasteiger partial charge in [-0.2, -0.15) is 5.10 Å². The maximum Gasteiger partial charge on any atom is 0.412 e. The Morgan fingerprint density at radius 2 is 1.92 bits per heavy atom. The highest BCUT2D eigenvalue weighted by Gasteiger charge is 2.20. The normalized spacial score (nSPS) is 11.8. The first-order valence-electron chi connectivity index (χ1n) is 8.18. The number of ether oxygens (including phenoxy) is 2. The van der Waals surface area contributed by atoms with E-state index in [4.69, 9.17) is 9.47 Å². The Morgan fingerprint density at radius 1 is 1.19 bits per heavy atom. The van der Waals surface area contributed by atoms with Crippen molar-refractivity contribution < 1.29 is 14.3 Å². The Morgan fingerprint density at radius 3 is 2.62 bits per heavy atom. The van der Waals surface area contributed by atoms with E-state index in [2.05, 4.69) is 15.4 Å². The monoisotopic (exact) mass is 352 g/mol. The summed E-state index contributed by atoms with van der Waals surface area (Å²) in [6.45, 7) is 2.08. The minimum absolute atomic E-state index is 0.195. The van der Waals surface area contributed by atoms with Gasteiger partial charge < -0.3 is 9.47 Å². The topological polar surface area (TPSA) is 78.3 Å². The molecule has 3 rings (SSSR count). The maximum atomic E-state index is 12.2. The van der Waals surface area contributed by atoms with E-state index in [1.54, 1.807) is 30.4 Å². The average molecular weight is 352 g/mol. The first-order chi connectivity index (χ1) is 12.7. The highest BCUT2D eigenvalue weighted by atomic mass is 16.5. The van der Waals surface area contributed by atoms with E-state index < -0.39 is 6.09 Å². The lowest BCUT2D eigenvalue weighted by atomic mass is 10.2. The number of pyridine rings is 1. The second-order valence-corrected chi connectivity index (χ2v) is 5.63. The van der Waals surface area contributed by atoms with Crippen LogP contribution in [0.3, 0.4) is 0 Å². The number of amides is 1. The van der Waals surface area contributed by atoms with Gasteiger partial charge in [-0.3, -0.25) is 10.3 Å². The summed E-state index contributed by atoms with van der Waals surface area (Å²) in [7, 11) is 1.60. The summed E-state index contributed by atoms with van der Waals surface area (Å²) in [6, 6.07) is 13.2. The number of methoxy groups -OCH3 is 1. The molecule has 0 spiro atoms. The molecule has 1 N–H and O–H groups in total. The van der Waals surface area contributed by atoms with Crippen LogP contribution in [0.15, 0.2) is 61.1 Å². The number of rotatable bonds is 6. The van der Waals surface area contributed by atoms with Gasteiger partial charge in [-0.15, -0.1) is 0 Å². The Labute approximate surface area is 151 Å².